The van der Waals surface area contributed by atoms with Gasteiger partial charge in [-0.15, -0.1) is 0 Å². The molecule has 15 heavy (non-hydrogen) atoms. The number of carbonyl (C=O) groups excluding carboxylic acids is 1. The van der Waals surface area contributed by atoms with E-state index >= 15 is 0 Å². The van der Waals surface area contributed by atoms with Crippen molar-refractivity contribution in [2.24, 2.45) is 0 Å². The maximum Gasteiger partial charge on any atom is 0.220 e. The number of hydrogen-bond donors (Lipinski definition) is 1. The molecule has 80 valence electrons. The van der Waals surface area contributed by atoms with E-state index in [1.165, 1.54) is 0 Å². The minimum Gasteiger partial charge on any atom is -0.491 e. The topological polar surface area (TPSA) is 38.3 Å². The Hall–Kier alpha value is -1.51. The van der Waals surface area contributed by atoms with Gasteiger partial charge < -0.3 is 10.1 Å². The summed E-state index contributed by atoms with van der Waals surface area (Å²) in [5.41, 5.74) is 0. The number of carbonyl (C=O) groups is 1. The molecule has 3 nitrogen and oxygen atoms in total. The van der Waals surface area contributed by atoms with Crippen LogP contribution in [0.4, 0.5) is 0 Å². The molecule has 1 amide bonds. The first-order valence-electron chi connectivity index (χ1n) is 5.32. The lowest BCUT2D eigenvalue weighted by atomic mass is 10.1. The zero-order chi connectivity index (χ0) is 10.5. The van der Waals surface area contributed by atoms with Crippen molar-refractivity contribution >= 4 is 5.91 Å². The molecule has 1 fully saturated rings. The molecule has 1 aliphatic rings. The van der Waals surface area contributed by atoms with Gasteiger partial charge in [0.05, 0.1) is 6.04 Å². The van der Waals surface area contributed by atoms with E-state index in [1.54, 1.807) is 0 Å². The van der Waals surface area contributed by atoms with Crippen molar-refractivity contribution in [2.45, 2.75) is 25.3 Å². The largest absolute Gasteiger partial charge is 0.491 e. The standard InChI is InChI=1S/C12H15NO2/c14-12-8-4-5-10(13-12)9-15-11-6-2-1-3-7-11/h1-3,6-7,10H,4-5,8-9H2,(H,13,14). The van der Waals surface area contributed by atoms with Gasteiger partial charge in [-0.25, -0.2) is 0 Å². The average Bonchev–Trinajstić information content (AvgIpc) is 2.28. The van der Waals surface area contributed by atoms with Crippen LogP contribution in [0.2, 0.25) is 0 Å². The number of ether oxygens (including phenoxy) is 1. The van der Waals surface area contributed by atoms with Gasteiger partial charge in [-0.05, 0) is 25.0 Å². The SMILES string of the molecule is O=C1CCCC(COc2ccccc2)N1. The van der Waals surface area contributed by atoms with Crippen LogP contribution in [0.1, 0.15) is 19.3 Å². The number of hydrogen-bond acceptors (Lipinski definition) is 2. The van der Waals surface area contributed by atoms with Gasteiger partial charge in [-0.3, -0.25) is 4.79 Å². The molecule has 0 bridgehead atoms. The van der Waals surface area contributed by atoms with Crippen LogP contribution in [-0.2, 0) is 4.79 Å². The van der Waals surface area contributed by atoms with Crippen molar-refractivity contribution in [3.8, 4) is 5.75 Å². The predicted octanol–water partition coefficient (Wildman–Crippen LogP) is 1.73. The Bertz CT molecular complexity index is 324. The normalized spacial score (nSPS) is 20.8. The quantitative estimate of drug-likeness (QED) is 0.816. The van der Waals surface area contributed by atoms with Crippen LogP contribution in [0.5, 0.6) is 5.75 Å². The lowest BCUT2D eigenvalue weighted by Gasteiger charge is -2.23. The fourth-order valence-corrected chi connectivity index (χ4v) is 1.72. The average molecular weight is 205 g/mol. The Labute approximate surface area is 89.4 Å². The highest BCUT2D eigenvalue weighted by Gasteiger charge is 2.18. The van der Waals surface area contributed by atoms with Crippen LogP contribution >= 0.6 is 0 Å². The maximum atomic E-state index is 11.1. The minimum atomic E-state index is 0.142. The van der Waals surface area contributed by atoms with Crippen LogP contribution in [0.25, 0.3) is 0 Å². The molecule has 0 spiro atoms. The number of rotatable bonds is 3. The van der Waals surface area contributed by atoms with E-state index in [9.17, 15) is 4.79 Å². The third kappa shape index (κ3) is 2.98. The summed E-state index contributed by atoms with van der Waals surface area (Å²) in [6, 6.07) is 9.85. The van der Waals surface area contributed by atoms with Crippen LogP contribution in [-0.4, -0.2) is 18.6 Å². The zero-order valence-corrected chi connectivity index (χ0v) is 8.61. The van der Waals surface area contributed by atoms with E-state index < -0.39 is 0 Å². The number of amides is 1. The molecule has 1 aromatic carbocycles. The summed E-state index contributed by atoms with van der Waals surface area (Å²) in [4.78, 5) is 11.1. The lowest BCUT2D eigenvalue weighted by molar-refractivity contribution is -0.123. The molecular weight excluding hydrogens is 190 g/mol. The molecule has 3 heteroatoms. The highest BCUT2D eigenvalue weighted by Crippen LogP contribution is 2.12. The van der Waals surface area contributed by atoms with Crippen molar-refractivity contribution in [1.29, 1.82) is 0 Å². The molecule has 2 rings (SSSR count). The minimum absolute atomic E-state index is 0.142. The van der Waals surface area contributed by atoms with E-state index in [1.807, 2.05) is 30.3 Å². The first kappa shape index (κ1) is 10.0. The van der Waals surface area contributed by atoms with E-state index in [2.05, 4.69) is 5.32 Å². The molecule has 1 saturated heterocycles. The Kier molecular flexibility index (Phi) is 3.22. The van der Waals surface area contributed by atoms with Gasteiger partial charge in [-0.2, -0.15) is 0 Å². The highest BCUT2D eigenvalue weighted by atomic mass is 16.5. The second kappa shape index (κ2) is 4.82. The van der Waals surface area contributed by atoms with E-state index in [4.69, 9.17) is 4.74 Å². The van der Waals surface area contributed by atoms with Crippen LogP contribution < -0.4 is 10.1 Å². The second-order valence-corrected chi connectivity index (χ2v) is 3.78. The first-order chi connectivity index (χ1) is 7.34. The summed E-state index contributed by atoms with van der Waals surface area (Å²) < 4.78 is 5.58. The maximum absolute atomic E-state index is 11.1. The fourth-order valence-electron chi connectivity index (χ4n) is 1.72. The third-order valence-electron chi connectivity index (χ3n) is 2.52. The van der Waals surface area contributed by atoms with Gasteiger partial charge in [0.25, 0.3) is 0 Å². The summed E-state index contributed by atoms with van der Waals surface area (Å²) in [5, 5.41) is 2.92. The fraction of sp³-hybridized carbons (Fsp3) is 0.417. The molecule has 0 saturated carbocycles. The number of nitrogens with one attached hydrogen (secondary N) is 1. The van der Waals surface area contributed by atoms with Crippen LogP contribution in [0.3, 0.4) is 0 Å². The van der Waals surface area contributed by atoms with E-state index in [0.29, 0.717) is 13.0 Å². The van der Waals surface area contributed by atoms with E-state index in [-0.39, 0.29) is 11.9 Å². The highest BCUT2D eigenvalue weighted by molar-refractivity contribution is 5.76. The van der Waals surface area contributed by atoms with Crippen LogP contribution in [0, 0.1) is 0 Å². The zero-order valence-electron chi connectivity index (χ0n) is 8.61. The summed E-state index contributed by atoms with van der Waals surface area (Å²) in [6.45, 7) is 0.565. The summed E-state index contributed by atoms with van der Waals surface area (Å²) in [7, 11) is 0. The van der Waals surface area contributed by atoms with Crippen LogP contribution in [0.15, 0.2) is 30.3 Å². The molecule has 1 unspecified atom stereocenters. The molecule has 0 aromatic heterocycles. The van der Waals surface area contributed by atoms with Gasteiger partial charge in [0.15, 0.2) is 0 Å². The third-order valence-corrected chi connectivity index (χ3v) is 2.52. The van der Waals surface area contributed by atoms with Crippen molar-refractivity contribution in [3.63, 3.8) is 0 Å². The number of benzene rings is 1. The van der Waals surface area contributed by atoms with Gasteiger partial charge in [0, 0.05) is 6.42 Å². The molecule has 1 aromatic rings. The Balaban J connectivity index is 1.80. The monoisotopic (exact) mass is 205 g/mol. The molecule has 1 heterocycles. The number of para-hydroxylation sites is 1. The van der Waals surface area contributed by atoms with Crippen molar-refractivity contribution in [1.82, 2.24) is 5.32 Å². The van der Waals surface area contributed by atoms with Gasteiger partial charge in [0.2, 0.25) is 5.91 Å². The second-order valence-electron chi connectivity index (χ2n) is 3.78. The molecular formula is C12H15NO2. The van der Waals surface area contributed by atoms with E-state index in [0.717, 1.165) is 18.6 Å². The Morgan fingerprint density at radius 1 is 1.33 bits per heavy atom. The Morgan fingerprint density at radius 2 is 2.13 bits per heavy atom. The van der Waals surface area contributed by atoms with Crippen molar-refractivity contribution in [2.75, 3.05) is 6.61 Å². The lowest BCUT2D eigenvalue weighted by Crippen LogP contribution is -2.42. The summed E-state index contributed by atoms with van der Waals surface area (Å²) >= 11 is 0. The smallest absolute Gasteiger partial charge is 0.220 e. The first-order valence-corrected chi connectivity index (χ1v) is 5.32. The molecule has 1 N–H and O–H groups in total. The summed E-state index contributed by atoms with van der Waals surface area (Å²) in [5.74, 6) is 1.00. The van der Waals surface area contributed by atoms with Crippen molar-refractivity contribution in [3.05, 3.63) is 30.3 Å². The van der Waals surface area contributed by atoms with Gasteiger partial charge in [0.1, 0.15) is 12.4 Å². The Morgan fingerprint density at radius 3 is 2.87 bits per heavy atom. The van der Waals surface area contributed by atoms with Gasteiger partial charge in [-0.1, -0.05) is 18.2 Å². The molecule has 1 aliphatic heterocycles. The number of piperidine rings is 1. The van der Waals surface area contributed by atoms with Gasteiger partial charge >= 0.3 is 0 Å². The molecule has 0 radical (unpaired) electrons. The summed E-state index contributed by atoms with van der Waals surface area (Å²) in [6.07, 6.45) is 2.63. The van der Waals surface area contributed by atoms with Crippen molar-refractivity contribution < 1.29 is 9.53 Å². The molecule has 1 atom stereocenters. The molecule has 0 aliphatic carbocycles. The predicted molar refractivity (Wildman–Crippen MR) is 57.7 cm³/mol.